The Morgan fingerprint density at radius 1 is 1.19 bits per heavy atom. The molecule has 2 rings (SSSR count). The molecule has 140 valence electrons. The lowest BCUT2D eigenvalue weighted by molar-refractivity contribution is -0.119. The van der Waals surface area contributed by atoms with E-state index < -0.39 is 11.3 Å². The lowest BCUT2D eigenvalue weighted by Gasteiger charge is -2.18. The summed E-state index contributed by atoms with van der Waals surface area (Å²) in [4.78, 5) is 29.0. The summed E-state index contributed by atoms with van der Waals surface area (Å²) < 4.78 is 2.15. The van der Waals surface area contributed by atoms with Crippen LogP contribution in [0.1, 0.15) is 36.0 Å². The first kappa shape index (κ1) is 20.0. The van der Waals surface area contributed by atoms with Crippen LogP contribution in [0.4, 0.5) is 4.79 Å². The summed E-state index contributed by atoms with van der Waals surface area (Å²) in [5.74, 6) is 0.0893. The number of thioether (sulfide) groups is 1. The van der Waals surface area contributed by atoms with E-state index in [0.29, 0.717) is 5.92 Å². The highest BCUT2D eigenvalue weighted by Gasteiger charge is 2.26. The van der Waals surface area contributed by atoms with Crippen LogP contribution in [0.2, 0.25) is 0 Å². The van der Waals surface area contributed by atoms with Gasteiger partial charge in [-0.2, -0.15) is 0 Å². The Morgan fingerprint density at radius 3 is 2.42 bits per heavy atom. The van der Waals surface area contributed by atoms with Crippen molar-refractivity contribution in [1.82, 2.24) is 20.2 Å². The van der Waals surface area contributed by atoms with Crippen LogP contribution in [-0.4, -0.2) is 28.5 Å². The monoisotopic (exact) mass is 374 g/mol. The van der Waals surface area contributed by atoms with Crippen LogP contribution < -0.4 is 10.6 Å². The average molecular weight is 375 g/mol. The summed E-state index contributed by atoms with van der Waals surface area (Å²) in [7, 11) is 1.48. The van der Waals surface area contributed by atoms with E-state index in [9.17, 15) is 9.59 Å². The van der Waals surface area contributed by atoms with E-state index in [1.807, 2.05) is 44.2 Å². The van der Waals surface area contributed by atoms with Gasteiger partial charge in [-0.05, 0) is 25.3 Å². The van der Waals surface area contributed by atoms with Gasteiger partial charge in [-0.3, -0.25) is 10.1 Å². The zero-order valence-corrected chi connectivity index (χ0v) is 16.7. The normalized spacial score (nSPS) is 12.1. The Morgan fingerprint density at radius 2 is 1.85 bits per heavy atom. The van der Waals surface area contributed by atoms with Crippen LogP contribution >= 0.6 is 11.8 Å². The van der Waals surface area contributed by atoms with Crippen LogP contribution in [0.25, 0.3) is 0 Å². The molecule has 0 spiro atoms. The molecule has 1 heterocycles. The fourth-order valence-corrected chi connectivity index (χ4v) is 3.74. The number of nitrogens with one attached hydrogen (secondary N) is 2. The van der Waals surface area contributed by atoms with Crippen LogP contribution in [0.15, 0.2) is 35.5 Å². The summed E-state index contributed by atoms with van der Waals surface area (Å²) in [6.45, 7) is 9.13. The van der Waals surface area contributed by atoms with Gasteiger partial charge in [0.1, 0.15) is 5.25 Å². The van der Waals surface area contributed by atoms with Crippen molar-refractivity contribution in [3.05, 3.63) is 47.3 Å². The topological polar surface area (TPSA) is 76.0 Å². The van der Waals surface area contributed by atoms with E-state index in [1.54, 1.807) is 0 Å². The minimum atomic E-state index is -0.569. The number of imide groups is 1. The maximum Gasteiger partial charge on any atom is 0.321 e. The molecule has 0 aliphatic rings. The van der Waals surface area contributed by atoms with Crippen molar-refractivity contribution in [2.24, 2.45) is 5.92 Å². The summed E-state index contributed by atoms with van der Waals surface area (Å²) >= 11 is 1.37. The lowest BCUT2D eigenvalue weighted by Crippen LogP contribution is -2.39. The molecule has 7 heteroatoms. The number of rotatable bonds is 6. The van der Waals surface area contributed by atoms with Crippen molar-refractivity contribution < 1.29 is 9.59 Å². The molecule has 1 aromatic heterocycles. The Bertz CT molecular complexity index is 771. The fourth-order valence-electron chi connectivity index (χ4n) is 2.54. The molecule has 3 amide bonds. The molecule has 0 bridgehead atoms. The molecule has 0 saturated carbocycles. The minimum Gasteiger partial charge on any atom is -0.341 e. The number of hydrogen-bond donors (Lipinski definition) is 2. The third-order valence-corrected chi connectivity index (χ3v) is 5.24. The van der Waals surface area contributed by atoms with Crippen molar-refractivity contribution in [3.8, 4) is 0 Å². The molecule has 26 heavy (non-hydrogen) atoms. The molecule has 2 aromatic rings. The van der Waals surface area contributed by atoms with Gasteiger partial charge < -0.3 is 9.88 Å². The molecule has 0 aliphatic carbocycles. The Hall–Kier alpha value is -2.28. The SMILES string of the molecule is CNC(=O)NC(=O)[C@@H](Sc1nc(C)c(C)n1CC(C)C)c1ccccc1. The van der Waals surface area contributed by atoms with E-state index in [0.717, 1.165) is 28.7 Å². The van der Waals surface area contributed by atoms with Gasteiger partial charge in [0.25, 0.3) is 0 Å². The standard InChI is InChI=1S/C19H26N4O2S/c1-12(2)11-23-14(4)13(3)21-19(23)26-16(15-9-7-6-8-10-15)17(24)22-18(25)20-5/h6-10,12,16H,11H2,1-5H3,(H2,20,22,24,25)/t16-/m0/s1. The van der Waals surface area contributed by atoms with Gasteiger partial charge >= 0.3 is 6.03 Å². The second kappa shape index (κ2) is 8.89. The molecule has 6 nitrogen and oxygen atoms in total. The minimum absolute atomic E-state index is 0.366. The predicted molar refractivity (Wildman–Crippen MR) is 104 cm³/mol. The Kier molecular flexibility index (Phi) is 6.85. The molecule has 1 atom stereocenters. The van der Waals surface area contributed by atoms with Crippen molar-refractivity contribution in [3.63, 3.8) is 0 Å². The number of hydrogen-bond acceptors (Lipinski definition) is 4. The van der Waals surface area contributed by atoms with E-state index in [4.69, 9.17) is 0 Å². The van der Waals surface area contributed by atoms with E-state index >= 15 is 0 Å². The number of carbonyl (C=O) groups excluding carboxylic acids is 2. The first-order valence-electron chi connectivity index (χ1n) is 8.61. The number of benzene rings is 1. The predicted octanol–water partition coefficient (Wildman–Crippen LogP) is 3.44. The number of amides is 3. The quantitative estimate of drug-likeness (QED) is 0.760. The number of aryl methyl sites for hydroxylation is 1. The van der Waals surface area contributed by atoms with Crippen LogP contribution in [-0.2, 0) is 11.3 Å². The number of aromatic nitrogens is 2. The van der Waals surface area contributed by atoms with E-state index in [2.05, 4.69) is 34.0 Å². The third kappa shape index (κ3) is 4.88. The molecule has 1 aromatic carbocycles. The van der Waals surface area contributed by atoms with Gasteiger partial charge in [0.05, 0.1) is 5.69 Å². The molecule has 0 aliphatic heterocycles. The van der Waals surface area contributed by atoms with Gasteiger partial charge in [-0.1, -0.05) is 55.9 Å². The maximum absolute atomic E-state index is 12.7. The Balaban J connectivity index is 2.37. The average Bonchev–Trinajstić information content (AvgIpc) is 2.87. The smallest absolute Gasteiger partial charge is 0.321 e. The summed E-state index contributed by atoms with van der Waals surface area (Å²) in [5.41, 5.74) is 2.87. The molecule has 2 N–H and O–H groups in total. The van der Waals surface area contributed by atoms with Gasteiger partial charge in [-0.15, -0.1) is 0 Å². The van der Waals surface area contributed by atoms with Crippen molar-refractivity contribution >= 4 is 23.7 Å². The molecule has 0 fully saturated rings. The molecule has 0 radical (unpaired) electrons. The van der Waals surface area contributed by atoms with Crippen LogP contribution in [0.3, 0.4) is 0 Å². The first-order valence-corrected chi connectivity index (χ1v) is 9.49. The Labute approximate surface area is 158 Å². The largest absolute Gasteiger partial charge is 0.341 e. The molecular weight excluding hydrogens is 348 g/mol. The summed E-state index contributed by atoms with van der Waals surface area (Å²) in [6, 6.07) is 8.91. The number of imidazole rings is 1. The lowest BCUT2D eigenvalue weighted by atomic mass is 10.1. The van der Waals surface area contributed by atoms with Crippen molar-refractivity contribution in [2.75, 3.05) is 7.05 Å². The van der Waals surface area contributed by atoms with E-state index in [-0.39, 0.29) is 5.91 Å². The van der Waals surface area contributed by atoms with E-state index in [1.165, 1.54) is 18.8 Å². The van der Waals surface area contributed by atoms with Gasteiger partial charge in [0.15, 0.2) is 5.16 Å². The number of carbonyl (C=O) groups is 2. The zero-order valence-electron chi connectivity index (χ0n) is 15.9. The van der Waals surface area contributed by atoms with Crippen LogP contribution in [0.5, 0.6) is 0 Å². The number of urea groups is 1. The third-order valence-electron chi connectivity index (χ3n) is 4.00. The van der Waals surface area contributed by atoms with Gasteiger partial charge in [0, 0.05) is 19.3 Å². The maximum atomic E-state index is 12.7. The van der Waals surface area contributed by atoms with Gasteiger partial charge in [0.2, 0.25) is 5.91 Å². The second-order valence-corrected chi connectivity index (χ2v) is 7.62. The fraction of sp³-hybridized carbons (Fsp3) is 0.421. The second-order valence-electron chi connectivity index (χ2n) is 6.55. The van der Waals surface area contributed by atoms with Crippen LogP contribution in [0, 0.1) is 19.8 Å². The highest BCUT2D eigenvalue weighted by molar-refractivity contribution is 8.00. The molecule has 0 unspecified atom stereocenters. The van der Waals surface area contributed by atoms with Crippen molar-refractivity contribution in [2.45, 2.75) is 44.6 Å². The highest BCUT2D eigenvalue weighted by Crippen LogP contribution is 2.36. The zero-order chi connectivity index (χ0) is 19.3. The van der Waals surface area contributed by atoms with Crippen molar-refractivity contribution in [1.29, 1.82) is 0 Å². The molecule has 0 saturated heterocycles. The first-order chi connectivity index (χ1) is 12.3. The highest BCUT2D eigenvalue weighted by atomic mass is 32.2. The summed E-state index contributed by atoms with van der Waals surface area (Å²) in [6.07, 6.45) is 0. The summed E-state index contributed by atoms with van der Waals surface area (Å²) in [5, 5.41) is 5.02. The van der Waals surface area contributed by atoms with Gasteiger partial charge in [-0.25, -0.2) is 9.78 Å². The number of nitrogens with zero attached hydrogens (tertiary/aromatic N) is 2. The molecular formula is C19H26N4O2S.